The second kappa shape index (κ2) is 6.16. The third-order valence-corrected chi connectivity index (χ3v) is 3.74. The number of carbonyl (C=O) groups excluding carboxylic acids is 1. The molecule has 1 fully saturated rings. The molecule has 106 valence electrons. The maximum atomic E-state index is 12.5. The van der Waals surface area contributed by atoms with Gasteiger partial charge in [-0.2, -0.15) is 5.10 Å². The molecule has 1 heterocycles. The molecule has 6 nitrogen and oxygen atoms in total. The Morgan fingerprint density at radius 1 is 1.63 bits per heavy atom. The van der Waals surface area contributed by atoms with Crippen molar-refractivity contribution in [2.75, 3.05) is 13.2 Å². The monoisotopic (exact) mass is 266 g/mol. The summed E-state index contributed by atoms with van der Waals surface area (Å²) in [4.78, 5) is 14.2. The average Bonchev–Trinajstić information content (AvgIpc) is 3.05. The van der Waals surface area contributed by atoms with Crippen LogP contribution in [0.15, 0.2) is 12.4 Å². The van der Waals surface area contributed by atoms with Crippen molar-refractivity contribution in [2.45, 2.75) is 37.8 Å². The lowest BCUT2D eigenvalue weighted by Crippen LogP contribution is -2.45. The molecule has 1 saturated carbocycles. The highest BCUT2D eigenvalue weighted by Crippen LogP contribution is 2.25. The van der Waals surface area contributed by atoms with E-state index in [1.165, 1.54) is 0 Å². The summed E-state index contributed by atoms with van der Waals surface area (Å²) in [5.74, 6) is -0.117. The van der Waals surface area contributed by atoms with Gasteiger partial charge in [0.25, 0.3) is 0 Å². The van der Waals surface area contributed by atoms with Crippen LogP contribution in [0.5, 0.6) is 0 Å². The molecule has 1 amide bonds. The predicted molar refractivity (Wildman–Crippen MR) is 71.2 cm³/mol. The van der Waals surface area contributed by atoms with Gasteiger partial charge in [0.05, 0.1) is 12.8 Å². The maximum absolute atomic E-state index is 12.5. The quantitative estimate of drug-likeness (QED) is 0.796. The molecule has 1 aromatic heterocycles. The summed E-state index contributed by atoms with van der Waals surface area (Å²) in [7, 11) is 1.79. The van der Waals surface area contributed by atoms with E-state index in [1.54, 1.807) is 29.0 Å². The van der Waals surface area contributed by atoms with Crippen LogP contribution in [-0.2, 0) is 11.8 Å². The van der Waals surface area contributed by atoms with Gasteiger partial charge >= 0.3 is 0 Å². The first-order chi connectivity index (χ1) is 9.13. The Morgan fingerprint density at radius 2 is 2.32 bits per heavy atom. The first-order valence-corrected chi connectivity index (χ1v) is 6.79. The van der Waals surface area contributed by atoms with Gasteiger partial charge in [0, 0.05) is 31.4 Å². The van der Waals surface area contributed by atoms with Crippen molar-refractivity contribution in [2.24, 2.45) is 12.8 Å². The molecule has 0 aliphatic heterocycles. The molecule has 1 aliphatic rings. The van der Waals surface area contributed by atoms with Crippen molar-refractivity contribution in [3.63, 3.8) is 0 Å². The number of nitrogens with zero attached hydrogens (tertiary/aromatic N) is 3. The lowest BCUT2D eigenvalue weighted by atomic mass is 10.1. The molecular weight excluding hydrogens is 244 g/mol. The minimum absolute atomic E-state index is 0.0258. The van der Waals surface area contributed by atoms with Gasteiger partial charge in [0.15, 0.2) is 0 Å². The minimum atomic E-state index is -0.694. The zero-order chi connectivity index (χ0) is 13.8. The Bertz CT molecular complexity index is 426. The third kappa shape index (κ3) is 3.13. The molecule has 1 atom stereocenters. The fourth-order valence-corrected chi connectivity index (χ4v) is 2.72. The highest BCUT2D eigenvalue weighted by molar-refractivity contribution is 5.83. The zero-order valence-corrected chi connectivity index (χ0v) is 11.3. The van der Waals surface area contributed by atoms with E-state index in [0.29, 0.717) is 12.1 Å². The number of hydrogen-bond acceptors (Lipinski definition) is 4. The molecule has 6 heteroatoms. The Kier molecular flexibility index (Phi) is 4.55. The predicted octanol–water partition coefficient (Wildman–Crippen LogP) is 0.183. The molecule has 2 rings (SSSR count). The summed E-state index contributed by atoms with van der Waals surface area (Å²) in [6.45, 7) is 0.333. The van der Waals surface area contributed by atoms with Crippen molar-refractivity contribution in [1.82, 2.24) is 14.7 Å². The summed E-state index contributed by atoms with van der Waals surface area (Å²) in [6.07, 6.45) is 7.67. The van der Waals surface area contributed by atoms with Crippen LogP contribution in [0.2, 0.25) is 0 Å². The van der Waals surface area contributed by atoms with Gasteiger partial charge in [-0.25, -0.2) is 0 Å². The summed E-state index contributed by atoms with van der Waals surface area (Å²) in [5, 5.41) is 13.2. The normalized spacial score (nSPS) is 17.6. The number of amides is 1. The molecular formula is C13H22N4O2. The van der Waals surface area contributed by atoms with E-state index in [9.17, 15) is 4.79 Å². The molecule has 1 aliphatic carbocycles. The average molecular weight is 266 g/mol. The number of aromatic nitrogens is 2. The number of hydrogen-bond donors (Lipinski definition) is 2. The van der Waals surface area contributed by atoms with Crippen LogP contribution in [0.3, 0.4) is 0 Å². The lowest BCUT2D eigenvalue weighted by molar-refractivity contribution is -0.135. The van der Waals surface area contributed by atoms with Crippen LogP contribution < -0.4 is 5.73 Å². The lowest BCUT2D eigenvalue weighted by Gasteiger charge is -2.30. The van der Waals surface area contributed by atoms with E-state index in [1.807, 2.05) is 0 Å². The van der Waals surface area contributed by atoms with Crippen LogP contribution in [0.4, 0.5) is 0 Å². The van der Waals surface area contributed by atoms with Crippen LogP contribution >= 0.6 is 0 Å². The first-order valence-electron chi connectivity index (χ1n) is 6.79. The van der Waals surface area contributed by atoms with Crippen LogP contribution in [-0.4, -0.2) is 44.9 Å². The number of aliphatic hydroxyl groups excluding tert-OH is 1. The van der Waals surface area contributed by atoms with Crippen LogP contribution in [0, 0.1) is 0 Å². The molecule has 1 unspecified atom stereocenters. The smallest absolute Gasteiger partial charge is 0.244 e. The molecule has 0 radical (unpaired) electrons. The fraction of sp³-hybridized carbons (Fsp3) is 0.692. The van der Waals surface area contributed by atoms with Gasteiger partial charge in [-0.15, -0.1) is 0 Å². The van der Waals surface area contributed by atoms with E-state index in [2.05, 4.69) is 5.10 Å². The summed E-state index contributed by atoms with van der Waals surface area (Å²) >= 11 is 0. The van der Waals surface area contributed by atoms with E-state index in [0.717, 1.165) is 25.7 Å². The van der Waals surface area contributed by atoms with Crippen molar-refractivity contribution in [3.05, 3.63) is 18.0 Å². The second-order valence-corrected chi connectivity index (χ2v) is 5.12. The van der Waals surface area contributed by atoms with Gasteiger partial charge in [0.1, 0.15) is 6.04 Å². The first kappa shape index (κ1) is 14.0. The van der Waals surface area contributed by atoms with Gasteiger partial charge in [0.2, 0.25) is 5.91 Å². The highest BCUT2D eigenvalue weighted by Gasteiger charge is 2.30. The molecule has 19 heavy (non-hydrogen) atoms. The molecule has 3 N–H and O–H groups in total. The largest absolute Gasteiger partial charge is 0.395 e. The number of carbonyl (C=O) groups is 1. The minimum Gasteiger partial charge on any atom is -0.395 e. The van der Waals surface area contributed by atoms with Gasteiger partial charge in [-0.3, -0.25) is 9.48 Å². The topological polar surface area (TPSA) is 84.4 Å². The number of aryl methyl sites for hydroxylation is 1. The van der Waals surface area contributed by atoms with E-state index in [-0.39, 0.29) is 18.6 Å². The van der Waals surface area contributed by atoms with Crippen molar-refractivity contribution >= 4 is 5.91 Å². The standard InChI is InChI=1S/C13H22N4O2/c1-16-9-10(8-15-16)12(14)13(19)17(6-7-18)11-4-2-3-5-11/h8-9,11-12,18H,2-7,14H2,1H3. The van der Waals surface area contributed by atoms with E-state index < -0.39 is 6.04 Å². The maximum Gasteiger partial charge on any atom is 0.244 e. The summed E-state index contributed by atoms with van der Waals surface area (Å²) < 4.78 is 1.63. The Balaban J connectivity index is 2.09. The molecule has 0 saturated heterocycles. The number of nitrogens with two attached hydrogens (primary N) is 1. The van der Waals surface area contributed by atoms with Crippen molar-refractivity contribution in [3.8, 4) is 0 Å². The molecule has 0 spiro atoms. The SMILES string of the molecule is Cn1cc(C(N)C(=O)N(CCO)C2CCCC2)cn1. The Labute approximate surface area is 113 Å². The van der Waals surface area contributed by atoms with Gasteiger partial charge < -0.3 is 15.7 Å². The van der Waals surface area contributed by atoms with Gasteiger partial charge in [-0.05, 0) is 12.8 Å². The fourth-order valence-electron chi connectivity index (χ4n) is 2.72. The molecule has 0 bridgehead atoms. The van der Waals surface area contributed by atoms with E-state index in [4.69, 9.17) is 10.8 Å². The van der Waals surface area contributed by atoms with Crippen LogP contribution in [0.1, 0.15) is 37.3 Å². The van der Waals surface area contributed by atoms with Gasteiger partial charge in [-0.1, -0.05) is 12.8 Å². The number of aliphatic hydroxyl groups is 1. The number of rotatable bonds is 5. The van der Waals surface area contributed by atoms with E-state index >= 15 is 0 Å². The zero-order valence-electron chi connectivity index (χ0n) is 11.3. The van der Waals surface area contributed by atoms with Crippen LogP contribution in [0.25, 0.3) is 0 Å². The molecule has 0 aromatic carbocycles. The Morgan fingerprint density at radius 3 is 2.84 bits per heavy atom. The highest BCUT2D eigenvalue weighted by atomic mass is 16.3. The summed E-state index contributed by atoms with van der Waals surface area (Å²) in [5.41, 5.74) is 6.74. The third-order valence-electron chi connectivity index (χ3n) is 3.74. The molecule has 1 aromatic rings. The second-order valence-electron chi connectivity index (χ2n) is 5.12. The van der Waals surface area contributed by atoms with Crippen molar-refractivity contribution in [1.29, 1.82) is 0 Å². The Hall–Kier alpha value is -1.40. The summed E-state index contributed by atoms with van der Waals surface area (Å²) in [6, 6.07) is -0.469. The van der Waals surface area contributed by atoms with Crippen molar-refractivity contribution < 1.29 is 9.90 Å².